The van der Waals surface area contributed by atoms with E-state index in [1.807, 2.05) is 0 Å². The fraction of sp³-hybridized carbons (Fsp3) is 0.944. The standard InChI is InChI=1S/C72H140O17P2/c1-7-9-11-13-15-17-18-25-29-32-36-43-49-55-70(75)83-60-67(88-71(76)56-50-44-37-33-30-27-24-22-20-19-21-23-26-28-31-34-40-46-52-64(3)4)62-86-90(78,79)84-58-66(73)59-85-91(80,81)87-63-68(61-82-69(74)54-48-42-35-16-14-12-10-8-2)89-72(77)57-51-45-39-38-41-47-53-65(5)6/h64-68,73H,7-63H2,1-6H3,(H,78,79)(H,80,81)/t66-,67-,68-/m1/s1. The normalized spacial score (nSPS) is 14.1. The summed E-state index contributed by atoms with van der Waals surface area (Å²) in [4.78, 5) is 72.4. The predicted octanol–water partition coefficient (Wildman–Crippen LogP) is 20.8. The summed E-state index contributed by atoms with van der Waals surface area (Å²) in [6.45, 7) is 9.48. The van der Waals surface area contributed by atoms with Crippen LogP contribution in [0.15, 0.2) is 0 Å². The van der Waals surface area contributed by atoms with Crippen LogP contribution < -0.4 is 0 Å². The van der Waals surface area contributed by atoms with Crippen LogP contribution in [0.25, 0.3) is 0 Å². The lowest BCUT2D eigenvalue weighted by molar-refractivity contribution is -0.161. The number of unbranched alkanes of at least 4 members (excludes halogenated alkanes) is 41. The fourth-order valence-corrected chi connectivity index (χ4v) is 12.5. The van der Waals surface area contributed by atoms with Crippen molar-refractivity contribution in [2.45, 2.75) is 387 Å². The van der Waals surface area contributed by atoms with Gasteiger partial charge in [0.15, 0.2) is 12.2 Å². The summed E-state index contributed by atoms with van der Waals surface area (Å²) in [6, 6.07) is 0. The molecule has 0 heterocycles. The molecule has 3 N–H and O–H groups in total. The molecule has 19 heteroatoms. The summed E-state index contributed by atoms with van der Waals surface area (Å²) in [5.41, 5.74) is 0. The third-order valence-corrected chi connectivity index (χ3v) is 18.6. The van der Waals surface area contributed by atoms with Gasteiger partial charge in [-0.2, -0.15) is 0 Å². The molecule has 0 fully saturated rings. The average molecular weight is 1340 g/mol. The number of phosphoric acid groups is 2. The molecule has 0 saturated heterocycles. The van der Waals surface area contributed by atoms with Gasteiger partial charge in [-0.05, 0) is 37.5 Å². The summed E-state index contributed by atoms with van der Waals surface area (Å²) in [5.74, 6) is -0.638. The maximum absolute atomic E-state index is 13.0. The first-order chi connectivity index (χ1) is 43.9. The van der Waals surface area contributed by atoms with Gasteiger partial charge < -0.3 is 33.8 Å². The summed E-state index contributed by atoms with van der Waals surface area (Å²) < 4.78 is 68.2. The van der Waals surface area contributed by atoms with Crippen LogP contribution in [0.5, 0.6) is 0 Å². The number of phosphoric ester groups is 2. The smallest absolute Gasteiger partial charge is 0.462 e. The SMILES string of the molecule is CCCCCCCCCCCCCCCC(=O)OC[C@H](COP(=O)(O)OC[C@@H](O)COP(=O)(O)OC[C@@H](COC(=O)CCCCCCCCCC)OC(=O)CCCCCCCCC(C)C)OC(=O)CCCCCCCCCCCCCCCCCCCCC(C)C. The first-order valence-electron chi connectivity index (χ1n) is 37.5. The topological polar surface area (TPSA) is 237 Å². The molecule has 0 radical (unpaired) electrons. The van der Waals surface area contributed by atoms with E-state index in [0.717, 1.165) is 102 Å². The molecule has 0 aliphatic rings. The highest BCUT2D eigenvalue weighted by Crippen LogP contribution is 2.45. The van der Waals surface area contributed by atoms with Gasteiger partial charge in [-0.25, -0.2) is 9.13 Å². The molecule has 0 bridgehead atoms. The lowest BCUT2D eigenvalue weighted by atomic mass is 10.0. The monoisotopic (exact) mass is 1340 g/mol. The Morgan fingerprint density at radius 2 is 0.505 bits per heavy atom. The third kappa shape index (κ3) is 66.5. The Bertz CT molecular complexity index is 1770. The molecule has 0 aliphatic heterocycles. The number of carbonyl (C=O) groups is 4. The highest BCUT2D eigenvalue weighted by molar-refractivity contribution is 7.47. The quantitative estimate of drug-likeness (QED) is 0.0222. The minimum atomic E-state index is -4.95. The highest BCUT2D eigenvalue weighted by Gasteiger charge is 2.30. The average Bonchev–Trinajstić information content (AvgIpc) is 3.56. The van der Waals surface area contributed by atoms with Gasteiger partial charge >= 0.3 is 39.5 Å². The van der Waals surface area contributed by atoms with Crippen molar-refractivity contribution in [3.63, 3.8) is 0 Å². The second-order valence-corrected chi connectivity index (χ2v) is 29.8. The van der Waals surface area contributed by atoms with Gasteiger partial charge in [0.05, 0.1) is 26.4 Å². The summed E-state index contributed by atoms with van der Waals surface area (Å²) in [7, 11) is -9.90. The van der Waals surface area contributed by atoms with Crippen molar-refractivity contribution in [3.8, 4) is 0 Å². The van der Waals surface area contributed by atoms with Crippen LogP contribution in [-0.4, -0.2) is 96.7 Å². The van der Waals surface area contributed by atoms with Crippen molar-refractivity contribution in [2.75, 3.05) is 39.6 Å². The fourth-order valence-electron chi connectivity index (χ4n) is 10.9. The number of aliphatic hydroxyl groups is 1. The zero-order valence-electron chi connectivity index (χ0n) is 59.1. The molecule has 17 nitrogen and oxygen atoms in total. The molecule has 2 unspecified atom stereocenters. The van der Waals surface area contributed by atoms with Crippen LogP contribution in [-0.2, 0) is 65.4 Å². The molecular weight excluding hydrogens is 1200 g/mol. The molecule has 0 amide bonds. The van der Waals surface area contributed by atoms with Gasteiger partial charge in [0.2, 0.25) is 0 Å². The minimum Gasteiger partial charge on any atom is -0.462 e. The van der Waals surface area contributed by atoms with Crippen molar-refractivity contribution in [1.29, 1.82) is 0 Å². The Kier molecular flexibility index (Phi) is 62.7. The van der Waals surface area contributed by atoms with Crippen LogP contribution in [0, 0.1) is 11.8 Å². The Morgan fingerprint density at radius 3 is 0.747 bits per heavy atom. The third-order valence-electron chi connectivity index (χ3n) is 16.7. The molecule has 91 heavy (non-hydrogen) atoms. The summed E-state index contributed by atoms with van der Waals surface area (Å²) in [5, 5.41) is 10.6. The molecule has 0 spiro atoms. The van der Waals surface area contributed by atoms with E-state index >= 15 is 0 Å². The molecule has 0 aromatic carbocycles. The summed E-state index contributed by atoms with van der Waals surface area (Å²) in [6.07, 6.45) is 50.3. The van der Waals surface area contributed by atoms with Gasteiger partial charge in [0.25, 0.3) is 0 Å². The van der Waals surface area contributed by atoms with Gasteiger partial charge in [-0.1, -0.05) is 318 Å². The summed E-state index contributed by atoms with van der Waals surface area (Å²) >= 11 is 0. The van der Waals surface area contributed by atoms with E-state index in [4.69, 9.17) is 37.0 Å². The lowest BCUT2D eigenvalue weighted by Crippen LogP contribution is -2.30. The van der Waals surface area contributed by atoms with Gasteiger partial charge in [0.1, 0.15) is 19.3 Å². The first kappa shape index (κ1) is 89.1. The highest BCUT2D eigenvalue weighted by atomic mass is 31.2. The number of hydrogen-bond donors (Lipinski definition) is 3. The van der Waals surface area contributed by atoms with Gasteiger partial charge in [0, 0.05) is 25.7 Å². The van der Waals surface area contributed by atoms with Crippen LogP contribution in [0.1, 0.15) is 369 Å². The largest absolute Gasteiger partial charge is 0.472 e. The van der Waals surface area contributed by atoms with E-state index in [1.54, 1.807) is 0 Å². The first-order valence-corrected chi connectivity index (χ1v) is 40.5. The Labute approximate surface area is 556 Å². The van der Waals surface area contributed by atoms with Gasteiger partial charge in [-0.3, -0.25) is 37.3 Å². The molecule has 5 atom stereocenters. The Balaban J connectivity index is 5.15. The van der Waals surface area contributed by atoms with Crippen molar-refractivity contribution >= 4 is 39.5 Å². The minimum absolute atomic E-state index is 0.102. The number of rotatable bonds is 71. The van der Waals surface area contributed by atoms with Crippen molar-refractivity contribution in [1.82, 2.24) is 0 Å². The predicted molar refractivity (Wildman–Crippen MR) is 368 cm³/mol. The molecule has 0 aromatic heterocycles. The Morgan fingerprint density at radius 1 is 0.297 bits per heavy atom. The van der Waals surface area contributed by atoms with E-state index in [-0.39, 0.29) is 25.7 Å². The van der Waals surface area contributed by atoms with Gasteiger partial charge in [-0.15, -0.1) is 0 Å². The maximum atomic E-state index is 13.0. The molecular formula is C72H140O17P2. The molecule has 0 rings (SSSR count). The Hall–Kier alpha value is -1.94. The maximum Gasteiger partial charge on any atom is 0.472 e. The zero-order chi connectivity index (χ0) is 67.2. The zero-order valence-corrected chi connectivity index (χ0v) is 60.9. The number of hydrogen-bond acceptors (Lipinski definition) is 15. The molecule has 0 saturated carbocycles. The van der Waals surface area contributed by atoms with Crippen molar-refractivity contribution < 1.29 is 80.2 Å². The second-order valence-electron chi connectivity index (χ2n) is 26.9. The number of ether oxygens (including phenoxy) is 4. The van der Waals surface area contributed by atoms with Crippen LogP contribution in [0.3, 0.4) is 0 Å². The molecule has 0 aromatic rings. The van der Waals surface area contributed by atoms with E-state index < -0.39 is 97.5 Å². The van der Waals surface area contributed by atoms with Crippen molar-refractivity contribution in [3.05, 3.63) is 0 Å². The van der Waals surface area contributed by atoms with E-state index in [9.17, 15) is 43.2 Å². The van der Waals surface area contributed by atoms with E-state index in [2.05, 4.69) is 41.5 Å². The lowest BCUT2D eigenvalue weighted by Gasteiger charge is -2.21. The second kappa shape index (κ2) is 64.1. The molecule has 540 valence electrons. The number of aliphatic hydroxyl groups excluding tert-OH is 1. The van der Waals surface area contributed by atoms with Crippen LogP contribution >= 0.6 is 15.6 Å². The number of esters is 4. The van der Waals surface area contributed by atoms with Crippen LogP contribution in [0.4, 0.5) is 0 Å². The molecule has 0 aliphatic carbocycles. The van der Waals surface area contributed by atoms with Crippen LogP contribution in [0.2, 0.25) is 0 Å². The van der Waals surface area contributed by atoms with E-state index in [1.165, 1.54) is 180 Å². The number of carbonyl (C=O) groups excluding carboxylic acids is 4. The van der Waals surface area contributed by atoms with E-state index in [0.29, 0.717) is 31.6 Å². The van der Waals surface area contributed by atoms with Crippen molar-refractivity contribution in [2.24, 2.45) is 11.8 Å².